The second kappa shape index (κ2) is 3.94. The molecule has 0 aliphatic carbocycles. The molecular weight excluding hydrogens is 278 g/mol. The predicted octanol–water partition coefficient (Wildman–Crippen LogP) is 1.99. The molecule has 0 saturated carbocycles. The van der Waals surface area contributed by atoms with Crippen molar-refractivity contribution in [3.05, 3.63) is 58.2 Å². The molecule has 1 aromatic carbocycles. The van der Waals surface area contributed by atoms with Crippen LogP contribution in [0.25, 0.3) is 22.4 Å². The molecule has 1 N–H and O–H groups in total. The first-order chi connectivity index (χ1) is 9.74. The number of aromatic amines is 1. The van der Waals surface area contributed by atoms with E-state index in [0.717, 1.165) is 16.8 Å². The van der Waals surface area contributed by atoms with Crippen LogP contribution in [0.5, 0.6) is 0 Å². The van der Waals surface area contributed by atoms with Crippen LogP contribution in [0.1, 0.15) is 0 Å². The van der Waals surface area contributed by atoms with E-state index in [1.165, 1.54) is 4.40 Å². The molecule has 98 valence electrons. The second-order valence-corrected chi connectivity index (χ2v) is 4.77. The van der Waals surface area contributed by atoms with Crippen molar-refractivity contribution in [2.75, 3.05) is 0 Å². The number of halogens is 1. The van der Waals surface area contributed by atoms with E-state index in [1.807, 2.05) is 30.3 Å². The Morgan fingerprint density at radius 1 is 1.20 bits per heavy atom. The van der Waals surface area contributed by atoms with Gasteiger partial charge in [0.2, 0.25) is 0 Å². The average molecular weight is 286 g/mol. The first kappa shape index (κ1) is 11.2. The summed E-state index contributed by atoms with van der Waals surface area (Å²) in [5, 5.41) is 11.5. The lowest BCUT2D eigenvalue weighted by Crippen LogP contribution is -2.09. The maximum atomic E-state index is 11.5. The summed E-state index contributed by atoms with van der Waals surface area (Å²) >= 11 is 6.18. The highest BCUT2D eigenvalue weighted by atomic mass is 35.5. The van der Waals surface area contributed by atoms with Gasteiger partial charge in [-0.3, -0.25) is 0 Å². The van der Waals surface area contributed by atoms with Gasteiger partial charge < -0.3 is 0 Å². The summed E-state index contributed by atoms with van der Waals surface area (Å²) < 4.78 is 3.11. The van der Waals surface area contributed by atoms with Crippen LogP contribution in [0.15, 0.2) is 47.5 Å². The molecule has 3 heterocycles. The molecule has 0 fully saturated rings. The third-order valence-corrected chi connectivity index (χ3v) is 3.51. The molecular formula is C13H8ClN5O. The van der Waals surface area contributed by atoms with Gasteiger partial charge in [-0.1, -0.05) is 29.8 Å². The highest BCUT2D eigenvalue weighted by Gasteiger charge is 2.11. The highest BCUT2D eigenvalue weighted by molar-refractivity contribution is 6.33. The summed E-state index contributed by atoms with van der Waals surface area (Å²) in [6.07, 6.45) is 3.33. The monoisotopic (exact) mass is 285 g/mol. The standard InChI is InChI=1S/C13H8ClN5O/c14-9-4-2-1-3-8(9)10-7-11-12-15-16-13(20)18(12)5-6-19(11)17-10/h1-7H,(H,16,20). The third kappa shape index (κ3) is 1.48. The molecule has 0 aliphatic rings. The van der Waals surface area contributed by atoms with Crippen LogP contribution in [0.2, 0.25) is 5.02 Å². The van der Waals surface area contributed by atoms with Crippen molar-refractivity contribution >= 4 is 22.8 Å². The summed E-state index contributed by atoms with van der Waals surface area (Å²) in [6.45, 7) is 0. The topological polar surface area (TPSA) is 67.5 Å². The van der Waals surface area contributed by atoms with Gasteiger partial charge in [0.25, 0.3) is 0 Å². The maximum Gasteiger partial charge on any atom is 0.347 e. The van der Waals surface area contributed by atoms with E-state index in [2.05, 4.69) is 15.3 Å². The fourth-order valence-electron chi connectivity index (χ4n) is 2.23. The van der Waals surface area contributed by atoms with Gasteiger partial charge in [0.1, 0.15) is 5.52 Å². The Morgan fingerprint density at radius 2 is 2.05 bits per heavy atom. The first-order valence-corrected chi connectivity index (χ1v) is 6.32. The molecule has 6 nitrogen and oxygen atoms in total. The van der Waals surface area contributed by atoms with Gasteiger partial charge in [-0.05, 0) is 12.1 Å². The molecule has 0 radical (unpaired) electrons. The Morgan fingerprint density at radius 3 is 2.90 bits per heavy atom. The van der Waals surface area contributed by atoms with Crippen LogP contribution < -0.4 is 5.69 Å². The fraction of sp³-hybridized carbons (Fsp3) is 0. The number of rotatable bonds is 1. The van der Waals surface area contributed by atoms with E-state index >= 15 is 0 Å². The Bertz CT molecular complexity index is 997. The van der Waals surface area contributed by atoms with Gasteiger partial charge in [-0.25, -0.2) is 18.8 Å². The molecule has 4 rings (SSSR count). The predicted molar refractivity (Wildman–Crippen MR) is 75.0 cm³/mol. The van der Waals surface area contributed by atoms with Crippen LogP contribution in [0.3, 0.4) is 0 Å². The molecule has 0 spiro atoms. The van der Waals surface area contributed by atoms with E-state index in [1.54, 1.807) is 16.9 Å². The zero-order valence-corrected chi connectivity index (χ0v) is 10.9. The lowest BCUT2D eigenvalue weighted by molar-refractivity contribution is 0.936. The van der Waals surface area contributed by atoms with Crippen LogP contribution in [0, 0.1) is 0 Å². The Hall–Kier alpha value is -2.60. The Labute approximate surface area is 117 Å². The number of hydrogen-bond acceptors (Lipinski definition) is 3. The number of aromatic nitrogens is 5. The molecule has 7 heteroatoms. The summed E-state index contributed by atoms with van der Waals surface area (Å²) in [5.41, 5.74) is 2.57. The van der Waals surface area contributed by atoms with Crippen molar-refractivity contribution in [2.45, 2.75) is 0 Å². The van der Waals surface area contributed by atoms with Crippen molar-refractivity contribution < 1.29 is 0 Å². The molecule has 0 saturated heterocycles. The maximum absolute atomic E-state index is 11.5. The Kier molecular flexibility index (Phi) is 2.22. The molecule has 0 aliphatic heterocycles. The number of nitrogens with one attached hydrogen (secondary N) is 1. The zero-order valence-electron chi connectivity index (χ0n) is 10.1. The van der Waals surface area contributed by atoms with E-state index in [0.29, 0.717) is 10.7 Å². The lowest BCUT2D eigenvalue weighted by Gasteiger charge is -1.97. The minimum Gasteiger partial charge on any atom is -0.247 e. The number of hydrogen-bond donors (Lipinski definition) is 1. The van der Waals surface area contributed by atoms with E-state index in [4.69, 9.17) is 11.6 Å². The van der Waals surface area contributed by atoms with Crippen molar-refractivity contribution in [3.8, 4) is 11.3 Å². The fourth-order valence-corrected chi connectivity index (χ4v) is 2.46. The van der Waals surface area contributed by atoms with Crippen molar-refractivity contribution in [3.63, 3.8) is 0 Å². The van der Waals surface area contributed by atoms with Gasteiger partial charge >= 0.3 is 5.69 Å². The minimum absolute atomic E-state index is 0.275. The number of fused-ring (bicyclic) bond motifs is 3. The van der Waals surface area contributed by atoms with Crippen LogP contribution in [-0.2, 0) is 0 Å². The highest BCUT2D eigenvalue weighted by Crippen LogP contribution is 2.27. The number of nitrogens with zero attached hydrogens (tertiary/aromatic N) is 4. The van der Waals surface area contributed by atoms with Crippen LogP contribution in [0.4, 0.5) is 0 Å². The number of H-pyrrole nitrogens is 1. The van der Waals surface area contributed by atoms with Crippen molar-refractivity contribution in [1.29, 1.82) is 0 Å². The van der Waals surface area contributed by atoms with E-state index in [9.17, 15) is 4.79 Å². The lowest BCUT2D eigenvalue weighted by atomic mass is 10.1. The zero-order chi connectivity index (χ0) is 13.7. The minimum atomic E-state index is -0.275. The van der Waals surface area contributed by atoms with E-state index < -0.39 is 0 Å². The largest absolute Gasteiger partial charge is 0.347 e. The second-order valence-electron chi connectivity index (χ2n) is 4.36. The summed E-state index contributed by atoms with van der Waals surface area (Å²) in [4.78, 5) is 11.5. The van der Waals surface area contributed by atoms with Crippen LogP contribution in [-0.4, -0.2) is 24.2 Å². The van der Waals surface area contributed by atoms with Crippen molar-refractivity contribution in [2.24, 2.45) is 0 Å². The Balaban J connectivity index is 2.06. The number of benzene rings is 1. The first-order valence-electron chi connectivity index (χ1n) is 5.94. The summed E-state index contributed by atoms with van der Waals surface area (Å²) in [5.74, 6) is 0. The van der Waals surface area contributed by atoms with E-state index in [-0.39, 0.29) is 5.69 Å². The molecule has 0 unspecified atom stereocenters. The molecule has 0 amide bonds. The van der Waals surface area contributed by atoms with Gasteiger partial charge in [0.05, 0.1) is 10.7 Å². The average Bonchev–Trinajstić information content (AvgIpc) is 3.03. The van der Waals surface area contributed by atoms with Crippen molar-refractivity contribution in [1.82, 2.24) is 24.2 Å². The quantitative estimate of drug-likeness (QED) is 0.581. The molecule has 4 aromatic rings. The van der Waals surface area contributed by atoms with Crippen LogP contribution >= 0.6 is 11.6 Å². The van der Waals surface area contributed by atoms with Gasteiger partial charge in [0.15, 0.2) is 5.65 Å². The molecule has 0 bridgehead atoms. The van der Waals surface area contributed by atoms with Gasteiger partial charge in [-0.15, -0.1) is 0 Å². The normalized spacial score (nSPS) is 11.4. The summed E-state index contributed by atoms with van der Waals surface area (Å²) in [7, 11) is 0. The van der Waals surface area contributed by atoms with Gasteiger partial charge in [0, 0.05) is 18.0 Å². The third-order valence-electron chi connectivity index (χ3n) is 3.18. The SMILES string of the molecule is O=c1[nH]nc2c3cc(-c4ccccc4Cl)nn3ccn12. The molecule has 3 aromatic heterocycles. The van der Waals surface area contributed by atoms with Gasteiger partial charge in [-0.2, -0.15) is 10.2 Å². The molecule has 0 atom stereocenters. The molecule has 20 heavy (non-hydrogen) atoms. The summed E-state index contributed by atoms with van der Waals surface area (Å²) in [6, 6.07) is 9.34. The smallest absolute Gasteiger partial charge is 0.247 e.